The van der Waals surface area contributed by atoms with Crippen molar-refractivity contribution >= 4 is 29.9 Å². The number of benzene rings is 1. The lowest BCUT2D eigenvalue weighted by Gasteiger charge is -2.21. The average molecular weight is 439 g/mol. The van der Waals surface area contributed by atoms with E-state index in [4.69, 9.17) is 0 Å². The molecule has 0 bridgehead atoms. The maximum absolute atomic E-state index is 4.49. The Labute approximate surface area is 161 Å². The third-order valence-corrected chi connectivity index (χ3v) is 4.49. The minimum absolute atomic E-state index is 0. The van der Waals surface area contributed by atoms with Gasteiger partial charge in [0.1, 0.15) is 5.82 Å². The Morgan fingerprint density at radius 1 is 1.38 bits per heavy atom. The Balaban J connectivity index is 0.00000208. The van der Waals surface area contributed by atoms with Gasteiger partial charge in [0, 0.05) is 20.1 Å². The van der Waals surface area contributed by atoms with Crippen molar-refractivity contribution in [3.8, 4) is 11.3 Å². The van der Waals surface area contributed by atoms with Gasteiger partial charge in [-0.3, -0.25) is 4.99 Å². The van der Waals surface area contributed by atoms with Gasteiger partial charge in [-0.1, -0.05) is 44.2 Å². The van der Waals surface area contributed by atoms with Crippen molar-refractivity contribution in [1.29, 1.82) is 0 Å². The third kappa shape index (κ3) is 4.28. The summed E-state index contributed by atoms with van der Waals surface area (Å²) in [6, 6.07) is 10.8. The van der Waals surface area contributed by atoms with Crippen LogP contribution in [-0.4, -0.2) is 41.0 Å². The van der Waals surface area contributed by atoms with E-state index in [0.717, 1.165) is 23.0 Å². The fourth-order valence-corrected chi connectivity index (χ4v) is 2.72. The molecule has 1 aliphatic rings. The van der Waals surface area contributed by atoms with Gasteiger partial charge in [-0.25, -0.2) is 4.98 Å². The average Bonchev–Trinajstić information content (AvgIpc) is 2.94. The quantitative estimate of drug-likeness (QED) is 0.436. The molecule has 1 unspecified atom stereocenters. The van der Waals surface area contributed by atoms with Crippen molar-refractivity contribution < 1.29 is 0 Å². The molecule has 0 aliphatic heterocycles. The Kier molecular flexibility index (Phi) is 5.90. The molecule has 6 heteroatoms. The van der Waals surface area contributed by atoms with Gasteiger partial charge in [-0.05, 0) is 17.4 Å². The van der Waals surface area contributed by atoms with Crippen molar-refractivity contribution in [2.45, 2.75) is 32.9 Å². The van der Waals surface area contributed by atoms with E-state index in [0.29, 0.717) is 18.0 Å². The van der Waals surface area contributed by atoms with Gasteiger partial charge in [0.15, 0.2) is 5.96 Å². The Bertz CT molecular complexity index is 692. The third-order valence-electron chi connectivity index (χ3n) is 4.49. The molecule has 24 heavy (non-hydrogen) atoms. The van der Waals surface area contributed by atoms with E-state index in [2.05, 4.69) is 51.2 Å². The number of guanidine groups is 1. The summed E-state index contributed by atoms with van der Waals surface area (Å²) in [5.74, 6) is 1.85. The molecule has 0 radical (unpaired) electrons. The van der Waals surface area contributed by atoms with Crippen LogP contribution in [-0.2, 0) is 6.54 Å². The lowest BCUT2D eigenvalue weighted by molar-refractivity contribution is 0.456. The lowest BCUT2D eigenvalue weighted by Crippen LogP contribution is -2.40. The van der Waals surface area contributed by atoms with Gasteiger partial charge >= 0.3 is 0 Å². The highest BCUT2D eigenvalue weighted by Gasteiger charge is 2.46. The summed E-state index contributed by atoms with van der Waals surface area (Å²) in [6.07, 6.45) is 3.08. The molecule has 1 saturated carbocycles. The summed E-state index contributed by atoms with van der Waals surface area (Å²) in [4.78, 5) is 14.4. The Hall–Kier alpha value is -1.57. The van der Waals surface area contributed by atoms with Crippen LogP contribution < -0.4 is 5.32 Å². The summed E-state index contributed by atoms with van der Waals surface area (Å²) in [6.45, 7) is 5.24. The number of H-pyrrole nitrogens is 1. The number of rotatable bonds is 4. The standard InChI is InChI=1S/C18H25N5.HI/c1-18(2)10-15(18)22-17(19-3)23(4)12-16-20-11-14(21-16)13-8-6-5-7-9-13;/h5-9,11,15H,10,12H2,1-4H3,(H,19,22)(H,20,21);1H. The van der Waals surface area contributed by atoms with Gasteiger partial charge in [0.25, 0.3) is 0 Å². The number of nitrogens with one attached hydrogen (secondary N) is 2. The second-order valence-electron chi connectivity index (χ2n) is 6.90. The molecule has 130 valence electrons. The zero-order chi connectivity index (χ0) is 16.4. The minimum Gasteiger partial charge on any atom is -0.353 e. The first-order valence-corrected chi connectivity index (χ1v) is 8.03. The summed E-state index contributed by atoms with van der Waals surface area (Å²) in [5, 5.41) is 3.52. The molecular formula is C18H26IN5. The van der Waals surface area contributed by atoms with E-state index >= 15 is 0 Å². The fourth-order valence-electron chi connectivity index (χ4n) is 2.72. The second-order valence-corrected chi connectivity index (χ2v) is 6.90. The van der Waals surface area contributed by atoms with Gasteiger partial charge in [-0.15, -0.1) is 24.0 Å². The zero-order valence-corrected chi connectivity index (χ0v) is 17.0. The molecule has 0 spiro atoms. The van der Waals surface area contributed by atoms with Gasteiger partial charge < -0.3 is 15.2 Å². The number of nitrogens with zero attached hydrogens (tertiary/aromatic N) is 3. The highest BCUT2D eigenvalue weighted by atomic mass is 127. The monoisotopic (exact) mass is 439 g/mol. The predicted molar refractivity (Wildman–Crippen MR) is 110 cm³/mol. The van der Waals surface area contributed by atoms with Gasteiger partial charge in [0.05, 0.1) is 18.4 Å². The number of hydrogen-bond donors (Lipinski definition) is 2. The van der Waals surface area contributed by atoms with Crippen molar-refractivity contribution in [2.24, 2.45) is 10.4 Å². The molecule has 1 fully saturated rings. The van der Waals surface area contributed by atoms with Crippen molar-refractivity contribution in [1.82, 2.24) is 20.2 Å². The van der Waals surface area contributed by atoms with Crippen LogP contribution >= 0.6 is 24.0 Å². The minimum atomic E-state index is 0. The van der Waals surface area contributed by atoms with Crippen LogP contribution in [0.25, 0.3) is 11.3 Å². The predicted octanol–water partition coefficient (Wildman–Crippen LogP) is 3.50. The van der Waals surface area contributed by atoms with E-state index in [1.54, 1.807) is 0 Å². The summed E-state index contributed by atoms with van der Waals surface area (Å²) in [5.41, 5.74) is 2.57. The molecule has 1 heterocycles. The number of aliphatic imine (C=N–C) groups is 1. The van der Waals surface area contributed by atoms with Crippen LogP contribution in [0.15, 0.2) is 41.5 Å². The van der Waals surface area contributed by atoms with E-state index in [1.165, 1.54) is 6.42 Å². The second kappa shape index (κ2) is 7.55. The number of aromatic nitrogens is 2. The van der Waals surface area contributed by atoms with Crippen LogP contribution in [0.5, 0.6) is 0 Å². The SMILES string of the molecule is CN=C(NC1CC1(C)C)N(C)Cc1ncc(-c2ccccc2)[nH]1.I. The Morgan fingerprint density at radius 3 is 2.62 bits per heavy atom. The molecular weight excluding hydrogens is 413 g/mol. The fraction of sp³-hybridized carbons (Fsp3) is 0.444. The molecule has 1 aliphatic carbocycles. The zero-order valence-electron chi connectivity index (χ0n) is 14.7. The Morgan fingerprint density at radius 2 is 2.04 bits per heavy atom. The van der Waals surface area contributed by atoms with Crippen LogP contribution in [0.4, 0.5) is 0 Å². The number of hydrogen-bond acceptors (Lipinski definition) is 2. The number of imidazole rings is 1. The molecule has 5 nitrogen and oxygen atoms in total. The molecule has 1 atom stereocenters. The molecule has 1 aromatic carbocycles. The van der Waals surface area contributed by atoms with Crippen molar-refractivity contribution in [2.75, 3.05) is 14.1 Å². The molecule has 0 saturated heterocycles. The van der Waals surface area contributed by atoms with Crippen molar-refractivity contribution in [3.63, 3.8) is 0 Å². The smallest absolute Gasteiger partial charge is 0.194 e. The normalized spacial score (nSPS) is 18.7. The van der Waals surface area contributed by atoms with Crippen molar-refractivity contribution in [3.05, 3.63) is 42.4 Å². The lowest BCUT2D eigenvalue weighted by atomic mass is 10.2. The van der Waals surface area contributed by atoms with E-state index in [1.807, 2.05) is 38.5 Å². The molecule has 1 aromatic heterocycles. The number of aromatic amines is 1. The van der Waals surface area contributed by atoms with Gasteiger partial charge in [-0.2, -0.15) is 0 Å². The first-order chi connectivity index (χ1) is 11.0. The van der Waals surface area contributed by atoms with Crippen LogP contribution in [0.1, 0.15) is 26.1 Å². The largest absolute Gasteiger partial charge is 0.353 e. The first-order valence-electron chi connectivity index (χ1n) is 8.03. The van der Waals surface area contributed by atoms with Crippen LogP contribution in [0.2, 0.25) is 0 Å². The maximum atomic E-state index is 4.49. The summed E-state index contributed by atoms with van der Waals surface area (Å²) < 4.78 is 0. The van der Waals surface area contributed by atoms with Crippen LogP contribution in [0.3, 0.4) is 0 Å². The van der Waals surface area contributed by atoms with E-state index < -0.39 is 0 Å². The van der Waals surface area contributed by atoms with E-state index in [-0.39, 0.29) is 24.0 Å². The summed E-state index contributed by atoms with van der Waals surface area (Å²) >= 11 is 0. The highest BCUT2D eigenvalue weighted by molar-refractivity contribution is 14.0. The van der Waals surface area contributed by atoms with Gasteiger partial charge in [0.2, 0.25) is 0 Å². The summed E-state index contributed by atoms with van der Waals surface area (Å²) in [7, 11) is 3.86. The highest BCUT2D eigenvalue weighted by Crippen LogP contribution is 2.44. The number of halogens is 1. The maximum Gasteiger partial charge on any atom is 0.194 e. The topological polar surface area (TPSA) is 56.3 Å². The molecule has 2 N–H and O–H groups in total. The van der Waals surface area contributed by atoms with Crippen LogP contribution in [0, 0.1) is 5.41 Å². The molecule has 3 rings (SSSR count). The molecule has 2 aromatic rings. The molecule has 0 amide bonds. The first kappa shape index (κ1) is 18.8. The van der Waals surface area contributed by atoms with E-state index in [9.17, 15) is 0 Å².